The van der Waals surface area contributed by atoms with E-state index in [-0.39, 0.29) is 0 Å². The lowest BCUT2D eigenvalue weighted by atomic mass is 10.1. The summed E-state index contributed by atoms with van der Waals surface area (Å²) in [5, 5.41) is 4.20. The van der Waals surface area contributed by atoms with Gasteiger partial charge < -0.3 is 14.3 Å². The van der Waals surface area contributed by atoms with Crippen molar-refractivity contribution in [3.8, 4) is 0 Å². The van der Waals surface area contributed by atoms with Gasteiger partial charge in [0.1, 0.15) is 17.8 Å². The Kier molecular flexibility index (Phi) is 7.95. The fraction of sp³-hybridized carbons (Fsp3) is 0.238. The van der Waals surface area contributed by atoms with Gasteiger partial charge in [-0.1, -0.05) is 59.4 Å². The molecule has 2 aromatic rings. The predicted molar refractivity (Wildman–Crippen MR) is 108 cm³/mol. The number of aryl methyl sites for hydroxylation is 1. The average molecular weight is 385 g/mol. The SMILES string of the molecule is COC=C(Sc1cc(C(C)=NOCc2ccccc2)ccc1C)C(=O)OC. The molecule has 0 saturated carbocycles. The van der Waals surface area contributed by atoms with Crippen LogP contribution in [0.2, 0.25) is 0 Å². The van der Waals surface area contributed by atoms with Crippen LogP contribution in [0.25, 0.3) is 0 Å². The van der Waals surface area contributed by atoms with E-state index < -0.39 is 5.97 Å². The Labute approximate surface area is 164 Å². The maximum atomic E-state index is 11.9. The van der Waals surface area contributed by atoms with Gasteiger partial charge in [-0.25, -0.2) is 4.79 Å². The highest BCUT2D eigenvalue weighted by molar-refractivity contribution is 8.04. The third-order valence-electron chi connectivity index (χ3n) is 3.71. The van der Waals surface area contributed by atoms with Gasteiger partial charge in [0, 0.05) is 10.5 Å². The van der Waals surface area contributed by atoms with Crippen molar-refractivity contribution in [3.63, 3.8) is 0 Å². The van der Waals surface area contributed by atoms with Crippen molar-refractivity contribution >= 4 is 23.4 Å². The summed E-state index contributed by atoms with van der Waals surface area (Å²) in [6.07, 6.45) is 1.38. The van der Waals surface area contributed by atoms with Gasteiger partial charge in [0.15, 0.2) is 0 Å². The van der Waals surface area contributed by atoms with Crippen LogP contribution in [0.5, 0.6) is 0 Å². The van der Waals surface area contributed by atoms with E-state index in [0.717, 1.165) is 27.3 Å². The highest BCUT2D eigenvalue weighted by atomic mass is 32.2. The number of esters is 1. The lowest BCUT2D eigenvalue weighted by Crippen LogP contribution is -2.03. The molecule has 0 aliphatic heterocycles. The number of hydrogen-bond acceptors (Lipinski definition) is 6. The molecule has 0 heterocycles. The quantitative estimate of drug-likeness (QED) is 0.165. The number of thioether (sulfide) groups is 1. The molecule has 0 N–H and O–H groups in total. The Morgan fingerprint density at radius 1 is 1.15 bits per heavy atom. The van der Waals surface area contributed by atoms with Crippen molar-refractivity contribution in [3.05, 3.63) is 76.4 Å². The number of nitrogens with zero attached hydrogens (tertiary/aromatic N) is 1. The Hall–Kier alpha value is -2.73. The molecule has 0 spiro atoms. The summed E-state index contributed by atoms with van der Waals surface area (Å²) in [4.78, 5) is 18.6. The summed E-state index contributed by atoms with van der Waals surface area (Å²) in [7, 11) is 2.84. The Morgan fingerprint density at radius 3 is 2.56 bits per heavy atom. The fourth-order valence-corrected chi connectivity index (χ4v) is 3.17. The number of carbonyl (C=O) groups is 1. The number of oxime groups is 1. The molecule has 27 heavy (non-hydrogen) atoms. The molecule has 142 valence electrons. The zero-order valence-electron chi connectivity index (χ0n) is 15.9. The first-order chi connectivity index (χ1) is 13.0. The van der Waals surface area contributed by atoms with Crippen molar-refractivity contribution in [1.29, 1.82) is 0 Å². The van der Waals surface area contributed by atoms with Gasteiger partial charge in [-0.3, -0.25) is 0 Å². The number of methoxy groups -OCH3 is 2. The molecule has 0 aliphatic carbocycles. The Bertz CT molecular complexity index is 831. The summed E-state index contributed by atoms with van der Waals surface area (Å²) >= 11 is 1.29. The smallest absolute Gasteiger partial charge is 0.347 e. The normalized spacial score (nSPS) is 11.9. The van der Waals surface area contributed by atoms with Gasteiger partial charge >= 0.3 is 5.97 Å². The van der Waals surface area contributed by atoms with Gasteiger partial charge in [0.2, 0.25) is 0 Å². The lowest BCUT2D eigenvalue weighted by Gasteiger charge is -2.10. The standard InChI is InChI=1S/C21H23NO4S/c1-15-10-11-18(12-19(15)27-20(14-24-3)21(23)25-4)16(2)22-26-13-17-8-6-5-7-9-17/h5-12,14H,13H2,1-4H3. The molecule has 0 amide bonds. The zero-order chi connectivity index (χ0) is 19.6. The van der Waals surface area contributed by atoms with Crippen molar-refractivity contribution in [2.75, 3.05) is 14.2 Å². The summed E-state index contributed by atoms with van der Waals surface area (Å²) in [5.74, 6) is -0.441. The highest BCUT2D eigenvalue weighted by Gasteiger charge is 2.14. The predicted octanol–water partition coefficient (Wildman–Crippen LogP) is 4.69. The van der Waals surface area contributed by atoms with Crippen molar-refractivity contribution in [2.24, 2.45) is 5.16 Å². The Balaban J connectivity index is 2.14. The molecule has 0 unspecified atom stereocenters. The molecule has 0 saturated heterocycles. The van der Waals surface area contributed by atoms with E-state index in [9.17, 15) is 4.79 Å². The second-order valence-corrected chi connectivity index (χ2v) is 6.81. The van der Waals surface area contributed by atoms with E-state index in [1.54, 1.807) is 0 Å². The largest absolute Gasteiger partial charge is 0.503 e. The first kappa shape index (κ1) is 20.6. The second-order valence-electron chi connectivity index (χ2n) is 5.73. The molecule has 6 heteroatoms. The van der Waals surface area contributed by atoms with Crippen molar-refractivity contribution in [1.82, 2.24) is 0 Å². The molecule has 0 radical (unpaired) electrons. The molecule has 2 aromatic carbocycles. The molecular weight excluding hydrogens is 362 g/mol. The number of ether oxygens (including phenoxy) is 2. The van der Waals surface area contributed by atoms with Crippen LogP contribution in [-0.4, -0.2) is 25.9 Å². The third kappa shape index (κ3) is 6.18. The molecule has 0 aliphatic rings. The number of benzene rings is 2. The summed E-state index contributed by atoms with van der Waals surface area (Å²) in [6, 6.07) is 15.8. The zero-order valence-corrected chi connectivity index (χ0v) is 16.7. The monoisotopic (exact) mass is 385 g/mol. The first-order valence-corrected chi connectivity index (χ1v) is 9.17. The van der Waals surface area contributed by atoms with Crippen molar-refractivity contribution < 1.29 is 19.1 Å². The maximum absolute atomic E-state index is 11.9. The van der Waals surface area contributed by atoms with Crippen LogP contribution in [0.1, 0.15) is 23.6 Å². The number of hydrogen-bond donors (Lipinski definition) is 0. The van der Waals surface area contributed by atoms with Crippen LogP contribution in [-0.2, 0) is 25.7 Å². The minimum atomic E-state index is -0.441. The molecule has 2 rings (SSSR count). The highest BCUT2D eigenvalue weighted by Crippen LogP contribution is 2.31. The molecule has 5 nitrogen and oxygen atoms in total. The second kappa shape index (κ2) is 10.4. The average Bonchev–Trinajstić information content (AvgIpc) is 2.69. The van der Waals surface area contributed by atoms with Gasteiger partial charge in [-0.05, 0) is 31.0 Å². The minimum Gasteiger partial charge on any atom is -0.503 e. The van der Waals surface area contributed by atoms with E-state index >= 15 is 0 Å². The number of rotatable bonds is 8. The van der Waals surface area contributed by atoms with Crippen LogP contribution in [0.3, 0.4) is 0 Å². The third-order valence-corrected chi connectivity index (χ3v) is 4.86. The van der Waals surface area contributed by atoms with Crippen LogP contribution in [0.15, 0.2) is 69.7 Å². The van der Waals surface area contributed by atoms with Crippen LogP contribution in [0.4, 0.5) is 0 Å². The maximum Gasteiger partial charge on any atom is 0.347 e. The van der Waals surface area contributed by atoms with Gasteiger partial charge in [-0.15, -0.1) is 0 Å². The van der Waals surface area contributed by atoms with E-state index in [4.69, 9.17) is 14.3 Å². The molecule has 0 fully saturated rings. The molecule has 0 bridgehead atoms. The Morgan fingerprint density at radius 2 is 1.89 bits per heavy atom. The summed E-state index contributed by atoms with van der Waals surface area (Å²) in [5.41, 5.74) is 3.76. The minimum absolute atomic E-state index is 0.371. The lowest BCUT2D eigenvalue weighted by molar-refractivity contribution is -0.135. The van der Waals surface area contributed by atoms with Gasteiger partial charge in [0.05, 0.1) is 19.9 Å². The summed E-state index contributed by atoms with van der Waals surface area (Å²) in [6.45, 7) is 4.28. The van der Waals surface area contributed by atoms with Gasteiger partial charge in [-0.2, -0.15) is 0 Å². The molecule has 0 atom stereocenters. The number of carbonyl (C=O) groups excluding carboxylic acids is 1. The van der Waals surface area contributed by atoms with E-state index in [1.807, 2.05) is 62.4 Å². The van der Waals surface area contributed by atoms with Crippen LogP contribution in [0, 0.1) is 6.92 Å². The van der Waals surface area contributed by atoms with Crippen LogP contribution >= 0.6 is 11.8 Å². The fourth-order valence-electron chi connectivity index (χ4n) is 2.21. The van der Waals surface area contributed by atoms with E-state index in [1.165, 1.54) is 32.2 Å². The topological polar surface area (TPSA) is 57.1 Å². The molecular formula is C21H23NO4S. The summed E-state index contributed by atoms with van der Waals surface area (Å²) < 4.78 is 9.78. The first-order valence-electron chi connectivity index (χ1n) is 8.35. The van der Waals surface area contributed by atoms with Gasteiger partial charge in [0.25, 0.3) is 0 Å². The molecule has 0 aromatic heterocycles. The van der Waals surface area contributed by atoms with E-state index in [2.05, 4.69) is 5.16 Å². The van der Waals surface area contributed by atoms with Crippen LogP contribution < -0.4 is 0 Å². The van der Waals surface area contributed by atoms with E-state index in [0.29, 0.717) is 11.5 Å². The van der Waals surface area contributed by atoms with Crippen molar-refractivity contribution in [2.45, 2.75) is 25.3 Å².